The second-order valence-corrected chi connectivity index (χ2v) is 5.75. The van der Waals surface area contributed by atoms with E-state index in [1.807, 2.05) is 6.07 Å². The monoisotopic (exact) mass is 245 g/mol. The molecule has 0 saturated carbocycles. The molecule has 0 amide bonds. The molecule has 1 N–H and O–H groups in total. The van der Waals surface area contributed by atoms with Gasteiger partial charge < -0.3 is 10.0 Å². The first-order chi connectivity index (χ1) is 8.50. The molecular weight excluding hydrogens is 226 g/mol. The molecule has 96 valence electrons. The molecule has 1 atom stereocenters. The molecule has 2 rings (SSSR count). The largest absolute Gasteiger partial charge is 0.393 e. The molecule has 1 saturated heterocycles. The Labute approximate surface area is 108 Å². The number of aromatic nitrogens is 1. The van der Waals surface area contributed by atoms with Gasteiger partial charge in [-0.25, -0.2) is 4.98 Å². The highest BCUT2D eigenvalue weighted by Crippen LogP contribution is 2.30. The van der Waals surface area contributed by atoms with Crippen LogP contribution in [0.1, 0.15) is 32.3 Å². The molecule has 0 spiro atoms. The lowest BCUT2D eigenvalue weighted by atomic mass is 9.87. The van der Waals surface area contributed by atoms with Crippen molar-refractivity contribution in [2.24, 2.45) is 5.41 Å². The molecule has 1 aliphatic heterocycles. The molecule has 2 heterocycles. The molecular formula is C14H19N3O. The highest BCUT2D eigenvalue weighted by Gasteiger charge is 2.29. The predicted molar refractivity (Wildman–Crippen MR) is 70.2 cm³/mol. The lowest BCUT2D eigenvalue weighted by Gasteiger charge is -2.30. The van der Waals surface area contributed by atoms with Gasteiger partial charge in [-0.15, -0.1) is 0 Å². The Balaban J connectivity index is 2.24. The van der Waals surface area contributed by atoms with Crippen LogP contribution in [0.4, 0.5) is 5.82 Å². The van der Waals surface area contributed by atoms with E-state index >= 15 is 0 Å². The van der Waals surface area contributed by atoms with E-state index in [1.165, 1.54) is 0 Å². The van der Waals surface area contributed by atoms with E-state index in [1.54, 1.807) is 12.3 Å². The highest BCUT2D eigenvalue weighted by atomic mass is 16.3. The molecule has 0 bridgehead atoms. The molecule has 1 fully saturated rings. The van der Waals surface area contributed by atoms with Gasteiger partial charge in [0.15, 0.2) is 0 Å². The second kappa shape index (κ2) is 4.95. The summed E-state index contributed by atoms with van der Waals surface area (Å²) in [7, 11) is 0. The van der Waals surface area contributed by atoms with Gasteiger partial charge >= 0.3 is 0 Å². The predicted octanol–water partition coefficient (Wildman–Crippen LogP) is 1.94. The van der Waals surface area contributed by atoms with E-state index in [0.717, 1.165) is 31.7 Å². The Morgan fingerprint density at radius 2 is 2.33 bits per heavy atom. The minimum Gasteiger partial charge on any atom is -0.393 e. The van der Waals surface area contributed by atoms with E-state index in [2.05, 4.69) is 29.8 Å². The van der Waals surface area contributed by atoms with Crippen LogP contribution in [0.2, 0.25) is 0 Å². The Morgan fingerprint density at radius 3 is 3.06 bits per heavy atom. The van der Waals surface area contributed by atoms with Crippen LogP contribution in [0, 0.1) is 16.7 Å². The van der Waals surface area contributed by atoms with Crippen molar-refractivity contribution in [3.8, 4) is 6.07 Å². The Bertz CT molecular complexity index is 464. The summed E-state index contributed by atoms with van der Waals surface area (Å²) in [5, 5.41) is 18.8. The minimum atomic E-state index is -0.246. The summed E-state index contributed by atoms with van der Waals surface area (Å²) in [6.07, 6.45) is 2.98. The van der Waals surface area contributed by atoms with E-state index in [9.17, 15) is 5.11 Å². The summed E-state index contributed by atoms with van der Waals surface area (Å²) >= 11 is 0. The number of hydrogen-bond acceptors (Lipinski definition) is 4. The van der Waals surface area contributed by atoms with Gasteiger partial charge in [-0.1, -0.05) is 13.8 Å². The number of aliphatic hydroxyl groups excluding tert-OH is 1. The molecule has 4 nitrogen and oxygen atoms in total. The van der Waals surface area contributed by atoms with Crippen LogP contribution in [-0.4, -0.2) is 29.3 Å². The van der Waals surface area contributed by atoms with Gasteiger partial charge in [-0.2, -0.15) is 5.26 Å². The third kappa shape index (κ3) is 2.99. The molecule has 1 aromatic heterocycles. The van der Waals surface area contributed by atoms with Gasteiger partial charge in [-0.05, 0) is 30.4 Å². The highest BCUT2D eigenvalue weighted by molar-refractivity contribution is 5.45. The number of pyridine rings is 1. The summed E-state index contributed by atoms with van der Waals surface area (Å²) in [4.78, 5) is 6.50. The lowest BCUT2D eigenvalue weighted by molar-refractivity contribution is 0.123. The quantitative estimate of drug-likeness (QED) is 0.821. The Hall–Kier alpha value is -1.60. The third-order valence-corrected chi connectivity index (χ3v) is 3.34. The van der Waals surface area contributed by atoms with Crippen molar-refractivity contribution in [1.82, 2.24) is 4.98 Å². The minimum absolute atomic E-state index is 0.0558. The van der Waals surface area contributed by atoms with E-state index in [-0.39, 0.29) is 11.5 Å². The molecule has 4 heteroatoms. The summed E-state index contributed by atoms with van der Waals surface area (Å²) < 4.78 is 0. The SMILES string of the molecule is CC1(C)CC(O)CCN(c2cc(C#N)ccn2)C1. The maximum absolute atomic E-state index is 9.89. The number of hydrogen-bond donors (Lipinski definition) is 1. The van der Waals surface area contributed by atoms with Crippen LogP contribution in [-0.2, 0) is 0 Å². The van der Waals surface area contributed by atoms with Crippen molar-refractivity contribution in [3.63, 3.8) is 0 Å². The maximum Gasteiger partial charge on any atom is 0.129 e. The van der Waals surface area contributed by atoms with Gasteiger partial charge in [0.05, 0.1) is 17.7 Å². The van der Waals surface area contributed by atoms with E-state index in [4.69, 9.17) is 5.26 Å². The number of anilines is 1. The maximum atomic E-state index is 9.89. The first kappa shape index (κ1) is 12.8. The number of aliphatic hydroxyl groups is 1. The fourth-order valence-electron chi connectivity index (χ4n) is 2.56. The third-order valence-electron chi connectivity index (χ3n) is 3.34. The molecule has 1 aromatic rings. The first-order valence-corrected chi connectivity index (χ1v) is 6.29. The van der Waals surface area contributed by atoms with Gasteiger partial charge in [0.2, 0.25) is 0 Å². The van der Waals surface area contributed by atoms with Crippen LogP contribution in [0.25, 0.3) is 0 Å². The number of nitrogens with zero attached hydrogens (tertiary/aromatic N) is 3. The van der Waals surface area contributed by atoms with Crippen molar-refractivity contribution in [2.75, 3.05) is 18.0 Å². The zero-order valence-electron chi connectivity index (χ0n) is 10.9. The van der Waals surface area contributed by atoms with Crippen LogP contribution >= 0.6 is 0 Å². The molecule has 1 aliphatic rings. The van der Waals surface area contributed by atoms with Gasteiger partial charge in [0, 0.05) is 19.3 Å². The second-order valence-electron chi connectivity index (χ2n) is 5.75. The molecule has 0 aliphatic carbocycles. The van der Waals surface area contributed by atoms with Gasteiger partial charge in [0.25, 0.3) is 0 Å². The molecule has 1 unspecified atom stereocenters. The van der Waals surface area contributed by atoms with E-state index < -0.39 is 0 Å². The fraction of sp³-hybridized carbons (Fsp3) is 0.571. The van der Waals surface area contributed by atoms with Crippen molar-refractivity contribution < 1.29 is 5.11 Å². The van der Waals surface area contributed by atoms with Gasteiger partial charge in [-0.3, -0.25) is 0 Å². The van der Waals surface area contributed by atoms with Crippen molar-refractivity contribution in [3.05, 3.63) is 23.9 Å². The van der Waals surface area contributed by atoms with Crippen molar-refractivity contribution >= 4 is 5.82 Å². The summed E-state index contributed by atoms with van der Waals surface area (Å²) in [6, 6.07) is 5.66. The van der Waals surface area contributed by atoms with Crippen LogP contribution < -0.4 is 4.90 Å². The van der Waals surface area contributed by atoms with Crippen LogP contribution in [0.3, 0.4) is 0 Å². The van der Waals surface area contributed by atoms with Crippen LogP contribution in [0.5, 0.6) is 0 Å². The average Bonchev–Trinajstić information content (AvgIpc) is 2.47. The Morgan fingerprint density at radius 1 is 1.56 bits per heavy atom. The summed E-state index contributed by atoms with van der Waals surface area (Å²) in [5.41, 5.74) is 0.683. The van der Waals surface area contributed by atoms with Gasteiger partial charge in [0.1, 0.15) is 5.82 Å². The van der Waals surface area contributed by atoms with Crippen LogP contribution in [0.15, 0.2) is 18.3 Å². The number of rotatable bonds is 1. The smallest absolute Gasteiger partial charge is 0.129 e. The zero-order chi connectivity index (χ0) is 13.2. The van der Waals surface area contributed by atoms with E-state index in [0.29, 0.717) is 5.56 Å². The molecule has 0 aromatic carbocycles. The summed E-state index contributed by atoms with van der Waals surface area (Å²) in [6.45, 7) is 5.95. The van der Waals surface area contributed by atoms with Crippen molar-refractivity contribution in [1.29, 1.82) is 5.26 Å². The number of nitriles is 1. The Kier molecular flexibility index (Phi) is 3.53. The first-order valence-electron chi connectivity index (χ1n) is 6.29. The fourth-order valence-corrected chi connectivity index (χ4v) is 2.56. The van der Waals surface area contributed by atoms with Crippen molar-refractivity contribution in [2.45, 2.75) is 32.8 Å². The topological polar surface area (TPSA) is 60.1 Å². The molecule has 0 radical (unpaired) electrons. The summed E-state index contributed by atoms with van der Waals surface area (Å²) in [5.74, 6) is 0.830. The normalized spacial score (nSPS) is 23.2. The standard InChI is InChI=1S/C14H19N3O/c1-14(2)8-12(18)4-6-17(10-14)13-7-11(9-15)3-5-16-13/h3,5,7,12,18H,4,6,8,10H2,1-2H3. The zero-order valence-corrected chi connectivity index (χ0v) is 10.9. The average molecular weight is 245 g/mol. The lowest BCUT2D eigenvalue weighted by Crippen LogP contribution is -2.33. The molecule has 18 heavy (non-hydrogen) atoms.